The van der Waals surface area contributed by atoms with E-state index < -0.39 is 35.5 Å². The molecule has 1 aromatic carbocycles. The van der Waals surface area contributed by atoms with Crippen molar-refractivity contribution in [2.45, 2.75) is 71.9 Å². The standard InChI is InChI=1S/C24H31NO6/c1-14(26)18-15(2)30-21(20(27)16-11-9-8-10-12-16)19(18)17-13-29-24(6,7)25(17)22(28)31-23(3,4)5/h8-12,17,19,21H,13H2,1-7H3/t17-,19-,21-/m0/s1. The van der Waals surface area contributed by atoms with Crippen LogP contribution in [0.1, 0.15) is 58.8 Å². The number of benzene rings is 1. The summed E-state index contributed by atoms with van der Waals surface area (Å²) in [5, 5.41) is 0. The average Bonchev–Trinajstić information content (AvgIpc) is 3.16. The summed E-state index contributed by atoms with van der Waals surface area (Å²) in [5.41, 5.74) is -0.779. The second-order valence-corrected chi connectivity index (χ2v) is 9.50. The zero-order valence-electron chi connectivity index (χ0n) is 19.2. The molecule has 0 aliphatic carbocycles. The summed E-state index contributed by atoms with van der Waals surface area (Å²) in [6, 6.07) is 8.20. The van der Waals surface area contributed by atoms with Gasteiger partial charge < -0.3 is 14.2 Å². The Morgan fingerprint density at radius 2 is 1.74 bits per heavy atom. The van der Waals surface area contributed by atoms with E-state index in [9.17, 15) is 14.4 Å². The second-order valence-electron chi connectivity index (χ2n) is 9.50. The fraction of sp³-hybridized carbons (Fsp3) is 0.542. The molecular formula is C24H31NO6. The van der Waals surface area contributed by atoms with E-state index in [4.69, 9.17) is 14.2 Å². The lowest BCUT2D eigenvalue weighted by molar-refractivity contribution is -0.114. The topological polar surface area (TPSA) is 82.1 Å². The maximum absolute atomic E-state index is 13.4. The Morgan fingerprint density at radius 1 is 1.13 bits per heavy atom. The van der Waals surface area contributed by atoms with Gasteiger partial charge >= 0.3 is 6.09 Å². The van der Waals surface area contributed by atoms with Crippen molar-refractivity contribution in [3.05, 3.63) is 47.2 Å². The van der Waals surface area contributed by atoms with Gasteiger partial charge in [-0.2, -0.15) is 0 Å². The molecule has 1 amide bonds. The first kappa shape index (κ1) is 23.0. The Balaban J connectivity index is 2.04. The smallest absolute Gasteiger partial charge is 0.412 e. The van der Waals surface area contributed by atoms with E-state index in [1.165, 1.54) is 11.8 Å². The van der Waals surface area contributed by atoms with Crippen LogP contribution in [0.15, 0.2) is 41.7 Å². The molecule has 0 spiro atoms. The SMILES string of the molecule is CC(=O)C1=C(C)O[C@H](C(=O)c2ccccc2)[C@H]1[C@@H]1COC(C)(C)N1C(=O)OC(C)(C)C. The molecule has 2 heterocycles. The van der Waals surface area contributed by atoms with Crippen LogP contribution in [0.3, 0.4) is 0 Å². The van der Waals surface area contributed by atoms with Crippen molar-refractivity contribution in [2.75, 3.05) is 6.61 Å². The zero-order valence-corrected chi connectivity index (χ0v) is 19.2. The third kappa shape index (κ3) is 4.51. The number of hydrogen-bond donors (Lipinski definition) is 0. The van der Waals surface area contributed by atoms with E-state index in [-0.39, 0.29) is 18.2 Å². The molecule has 0 radical (unpaired) electrons. The summed E-state index contributed by atoms with van der Waals surface area (Å²) < 4.78 is 17.5. The molecule has 3 rings (SSSR count). The Kier molecular flexibility index (Phi) is 6.02. The maximum atomic E-state index is 13.4. The van der Waals surface area contributed by atoms with Crippen LogP contribution in [-0.4, -0.2) is 52.6 Å². The lowest BCUT2D eigenvalue weighted by Crippen LogP contribution is -2.54. The van der Waals surface area contributed by atoms with Gasteiger partial charge in [-0.1, -0.05) is 30.3 Å². The third-order valence-corrected chi connectivity index (χ3v) is 5.56. The molecule has 7 heteroatoms. The van der Waals surface area contributed by atoms with Gasteiger partial charge in [-0.25, -0.2) is 4.79 Å². The predicted molar refractivity (Wildman–Crippen MR) is 114 cm³/mol. The van der Waals surface area contributed by atoms with Crippen LogP contribution in [0, 0.1) is 5.92 Å². The van der Waals surface area contributed by atoms with Crippen LogP contribution in [-0.2, 0) is 19.0 Å². The van der Waals surface area contributed by atoms with Crippen molar-refractivity contribution in [2.24, 2.45) is 5.92 Å². The van der Waals surface area contributed by atoms with Gasteiger partial charge in [0.25, 0.3) is 0 Å². The van der Waals surface area contributed by atoms with Crippen molar-refractivity contribution in [1.29, 1.82) is 0 Å². The molecule has 7 nitrogen and oxygen atoms in total. The minimum absolute atomic E-state index is 0.156. The molecule has 0 aromatic heterocycles. The second kappa shape index (κ2) is 8.11. The Labute approximate surface area is 183 Å². The lowest BCUT2D eigenvalue weighted by Gasteiger charge is -2.38. The van der Waals surface area contributed by atoms with E-state index >= 15 is 0 Å². The lowest BCUT2D eigenvalue weighted by atomic mass is 9.82. The number of Topliss-reactive ketones (excluding diaryl/α,β-unsaturated/α-hetero) is 2. The van der Waals surface area contributed by atoms with Crippen molar-refractivity contribution in [1.82, 2.24) is 4.90 Å². The number of amides is 1. The van der Waals surface area contributed by atoms with Crippen LogP contribution in [0.25, 0.3) is 0 Å². The molecular weight excluding hydrogens is 398 g/mol. The number of rotatable bonds is 4. The predicted octanol–water partition coefficient (Wildman–Crippen LogP) is 4.12. The minimum Gasteiger partial charge on any atom is -0.486 e. The largest absolute Gasteiger partial charge is 0.486 e. The summed E-state index contributed by atoms with van der Waals surface area (Å²) in [6.45, 7) is 12.2. The molecule has 2 aliphatic rings. The number of ether oxygens (including phenoxy) is 3. The highest BCUT2D eigenvalue weighted by Gasteiger charge is 2.55. The monoisotopic (exact) mass is 429 g/mol. The first-order chi connectivity index (χ1) is 14.3. The van der Waals surface area contributed by atoms with Crippen molar-refractivity contribution >= 4 is 17.7 Å². The van der Waals surface area contributed by atoms with Gasteiger partial charge in [0.15, 0.2) is 11.9 Å². The molecule has 0 N–H and O–H groups in total. The van der Waals surface area contributed by atoms with Crippen molar-refractivity contribution < 1.29 is 28.6 Å². The van der Waals surface area contributed by atoms with E-state index in [1.54, 1.807) is 65.8 Å². The quantitative estimate of drug-likeness (QED) is 0.670. The molecule has 2 aliphatic heterocycles. The Bertz CT molecular complexity index is 912. The van der Waals surface area contributed by atoms with Crippen molar-refractivity contribution in [3.8, 4) is 0 Å². The van der Waals surface area contributed by atoms with E-state index in [0.717, 1.165) is 0 Å². The van der Waals surface area contributed by atoms with Gasteiger partial charge in [-0.05, 0) is 48.5 Å². The summed E-state index contributed by atoms with van der Waals surface area (Å²) in [4.78, 5) is 40.6. The normalized spacial score (nSPS) is 25.4. The minimum atomic E-state index is -0.967. The molecule has 0 bridgehead atoms. The number of carbonyl (C=O) groups is 3. The van der Waals surface area contributed by atoms with Gasteiger partial charge in [0.2, 0.25) is 5.78 Å². The number of nitrogens with zero attached hydrogens (tertiary/aromatic N) is 1. The first-order valence-corrected chi connectivity index (χ1v) is 10.5. The molecule has 0 saturated carbocycles. The summed E-state index contributed by atoms with van der Waals surface area (Å²) >= 11 is 0. The fourth-order valence-electron chi connectivity index (χ4n) is 4.34. The molecule has 3 atom stereocenters. The van der Waals surface area contributed by atoms with Crippen LogP contribution in [0.2, 0.25) is 0 Å². The summed E-state index contributed by atoms with van der Waals surface area (Å²) in [6.07, 6.45) is -1.49. The van der Waals surface area contributed by atoms with Gasteiger partial charge in [0.1, 0.15) is 17.1 Å². The zero-order chi connectivity index (χ0) is 23.1. The van der Waals surface area contributed by atoms with Crippen LogP contribution in [0.5, 0.6) is 0 Å². The number of hydrogen-bond acceptors (Lipinski definition) is 6. The Morgan fingerprint density at radius 3 is 2.29 bits per heavy atom. The molecule has 0 unspecified atom stereocenters. The van der Waals surface area contributed by atoms with Gasteiger partial charge in [-0.15, -0.1) is 0 Å². The van der Waals surface area contributed by atoms with Crippen LogP contribution < -0.4 is 0 Å². The Hall–Kier alpha value is -2.67. The molecule has 168 valence electrons. The molecule has 1 aromatic rings. The van der Waals surface area contributed by atoms with Gasteiger partial charge in [-0.3, -0.25) is 14.5 Å². The molecule has 31 heavy (non-hydrogen) atoms. The third-order valence-electron chi connectivity index (χ3n) is 5.56. The van der Waals surface area contributed by atoms with E-state index in [0.29, 0.717) is 16.9 Å². The number of ketones is 2. The number of allylic oxidation sites excluding steroid dienone is 1. The van der Waals surface area contributed by atoms with Gasteiger partial charge in [0.05, 0.1) is 18.6 Å². The average molecular weight is 430 g/mol. The van der Waals surface area contributed by atoms with Crippen LogP contribution in [0.4, 0.5) is 4.79 Å². The highest BCUT2D eigenvalue weighted by molar-refractivity contribution is 6.03. The molecule has 1 saturated heterocycles. The first-order valence-electron chi connectivity index (χ1n) is 10.5. The summed E-state index contributed by atoms with van der Waals surface area (Å²) in [5.74, 6) is -0.699. The van der Waals surface area contributed by atoms with Gasteiger partial charge in [0, 0.05) is 11.1 Å². The van der Waals surface area contributed by atoms with E-state index in [1.807, 2.05) is 6.07 Å². The van der Waals surface area contributed by atoms with Crippen molar-refractivity contribution in [3.63, 3.8) is 0 Å². The molecule has 1 fully saturated rings. The highest BCUT2D eigenvalue weighted by Crippen LogP contribution is 2.43. The van der Waals surface area contributed by atoms with E-state index in [2.05, 4.69) is 0 Å². The summed E-state index contributed by atoms with van der Waals surface area (Å²) in [7, 11) is 0. The maximum Gasteiger partial charge on any atom is 0.412 e. The number of carbonyl (C=O) groups excluding carboxylic acids is 3. The highest BCUT2D eigenvalue weighted by atomic mass is 16.6. The fourth-order valence-corrected chi connectivity index (χ4v) is 4.34. The van der Waals surface area contributed by atoms with Crippen LogP contribution >= 0.6 is 0 Å².